The number of anilines is 1. The van der Waals surface area contributed by atoms with Gasteiger partial charge in [-0.2, -0.15) is 0 Å². The Morgan fingerprint density at radius 1 is 1.03 bits per heavy atom. The molecule has 0 atom stereocenters. The number of aryl methyl sites for hydroxylation is 1. The molecule has 0 unspecified atom stereocenters. The number of carbonyl (C=O) groups is 1. The van der Waals surface area contributed by atoms with E-state index in [4.69, 9.17) is 14.5 Å². The number of fused-ring (bicyclic) bond motifs is 1. The average Bonchev–Trinajstić information content (AvgIpc) is 3.33. The van der Waals surface area contributed by atoms with Crippen LogP contribution in [-0.4, -0.2) is 55.2 Å². The fraction of sp³-hybridized carbons (Fsp3) is 0.286. The Hall–Kier alpha value is -3.26. The highest BCUT2D eigenvalue weighted by molar-refractivity contribution is 7.22. The van der Waals surface area contributed by atoms with Gasteiger partial charge in [0.15, 0.2) is 5.13 Å². The summed E-state index contributed by atoms with van der Waals surface area (Å²) in [6, 6.07) is 23.1. The fourth-order valence-electron chi connectivity index (χ4n) is 4.24. The minimum absolute atomic E-state index is 0.102. The van der Waals surface area contributed by atoms with E-state index in [2.05, 4.69) is 24.0 Å². The summed E-state index contributed by atoms with van der Waals surface area (Å²) >= 11 is 1.56. The number of morpholine rings is 1. The van der Waals surface area contributed by atoms with Gasteiger partial charge in [0.05, 0.1) is 29.0 Å². The summed E-state index contributed by atoms with van der Waals surface area (Å²) in [5, 5.41) is 0.718. The maximum atomic E-state index is 14.0. The maximum Gasteiger partial charge on any atom is 0.263 e. The first-order valence-electron chi connectivity index (χ1n) is 12.0. The zero-order valence-corrected chi connectivity index (χ0v) is 20.7. The van der Waals surface area contributed by atoms with Gasteiger partial charge in [-0.25, -0.2) is 4.98 Å². The lowest BCUT2D eigenvalue weighted by atomic mass is 10.1. The van der Waals surface area contributed by atoms with Crippen LogP contribution in [0.1, 0.15) is 22.3 Å². The summed E-state index contributed by atoms with van der Waals surface area (Å²) in [4.78, 5) is 23.1. The highest BCUT2D eigenvalue weighted by atomic mass is 32.1. The Balaban J connectivity index is 1.44. The smallest absolute Gasteiger partial charge is 0.263 e. The fourth-order valence-corrected chi connectivity index (χ4v) is 5.31. The van der Waals surface area contributed by atoms with E-state index in [1.54, 1.807) is 11.3 Å². The average molecular weight is 488 g/mol. The number of para-hydroxylation sites is 3. The van der Waals surface area contributed by atoms with E-state index >= 15 is 0 Å². The highest BCUT2D eigenvalue weighted by Crippen LogP contribution is 2.33. The van der Waals surface area contributed by atoms with Crippen molar-refractivity contribution in [2.45, 2.75) is 13.3 Å². The number of nitrogens with zero attached hydrogens (tertiary/aromatic N) is 3. The highest BCUT2D eigenvalue weighted by Gasteiger charge is 2.25. The molecular formula is C28H29N3O3S. The summed E-state index contributed by atoms with van der Waals surface area (Å²) in [5.41, 5.74) is 2.59. The van der Waals surface area contributed by atoms with Gasteiger partial charge in [0.1, 0.15) is 11.5 Å². The van der Waals surface area contributed by atoms with Crippen LogP contribution < -0.4 is 9.64 Å². The topological polar surface area (TPSA) is 54.9 Å². The molecule has 0 N–H and O–H groups in total. The lowest BCUT2D eigenvalue weighted by Gasteiger charge is -2.28. The first-order valence-corrected chi connectivity index (χ1v) is 12.8. The van der Waals surface area contributed by atoms with E-state index in [0.717, 1.165) is 60.2 Å². The van der Waals surface area contributed by atoms with Gasteiger partial charge >= 0.3 is 0 Å². The van der Waals surface area contributed by atoms with Crippen molar-refractivity contribution in [3.05, 3.63) is 83.9 Å². The monoisotopic (exact) mass is 487 g/mol. The molecule has 35 heavy (non-hydrogen) atoms. The molecule has 6 nitrogen and oxygen atoms in total. The first kappa shape index (κ1) is 23.5. The van der Waals surface area contributed by atoms with E-state index in [0.29, 0.717) is 23.6 Å². The van der Waals surface area contributed by atoms with Gasteiger partial charge in [-0.05, 0) is 49.2 Å². The van der Waals surface area contributed by atoms with Crippen molar-refractivity contribution in [2.24, 2.45) is 0 Å². The number of rotatable bonds is 8. The lowest BCUT2D eigenvalue weighted by Crippen LogP contribution is -2.39. The standard InChI is InChI=1S/C28H29N3O3S/c1-21-9-7-14-25-26(21)29-28(35-25)31(16-8-15-30-17-19-33-20-18-30)27(32)23-12-5-6-13-24(23)34-22-10-3-2-4-11-22/h2-7,9-14H,8,15-20H2,1H3. The van der Waals surface area contributed by atoms with Crippen molar-refractivity contribution < 1.29 is 14.3 Å². The van der Waals surface area contributed by atoms with E-state index in [1.807, 2.05) is 65.6 Å². The van der Waals surface area contributed by atoms with E-state index in [1.165, 1.54) is 0 Å². The molecule has 1 aliphatic rings. The molecule has 0 aliphatic carbocycles. The van der Waals surface area contributed by atoms with Crippen LogP contribution in [0.4, 0.5) is 5.13 Å². The zero-order valence-electron chi connectivity index (χ0n) is 19.9. The molecule has 0 radical (unpaired) electrons. The second kappa shape index (κ2) is 11.0. The Bertz CT molecular complexity index is 1290. The first-order chi connectivity index (χ1) is 17.2. The van der Waals surface area contributed by atoms with Crippen LogP contribution in [0, 0.1) is 6.92 Å². The van der Waals surface area contributed by atoms with E-state index in [-0.39, 0.29) is 5.91 Å². The van der Waals surface area contributed by atoms with Crippen LogP contribution in [0.5, 0.6) is 11.5 Å². The number of aromatic nitrogens is 1. The predicted octanol–water partition coefficient (Wildman–Crippen LogP) is 5.77. The molecule has 4 aromatic rings. The number of carbonyl (C=O) groups excluding carboxylic acids is 1. The van der Waals surface area contributed by atoms with Crippen molar-refractivity contribution in [2.75, 3.05) is 44.3 Å². The Kier molecular flexibility index (Phi) is 7.37. The molecule has 5 rings (SSSR count). The molecule has 0 saturated carbocycles. The minimum Gasteiger partial charge on any atom is -0.457 e. The molecule has 1 aliphatic heterocycles. The third kappa shape index (κ3) is 5.53. The molecule has 0 spiro atoms. The third-order valence-electron chi connectivity index (χ3n) is 6.13. The Morgan fingerprint density at radius 3 is 2.60 bits per heavy atom. The van der Waals surface area contributed by atoms with Crippen LogP contribution in [0.2, 0.25) is 0 Å². The Labute approximate surface area is 209 Å². The number of ether oxygens (including phenoxy) is 2. The number of amides is 1. The third-order valence-corrected chi connectivity index (χ3v) is 7.18. The van der Waals surface area contributed by atoms with Crippen molar-refractivity contribution >= 4 is 32.6 Å². The van der Waals surface area contributed by atoms with E-state index in [9.17, 15) is 4.79 Å². The number of hydrogen-bond acceptors (Lipinski definition) is 6. The van der Waals surface area contributed by atoms with Crippen LogP contribution >= 0.6 is 11.3 Å². The second-order valence-electron chi connectivity index (χ2n) is 8.59. The molecule has 1 saturated heterocycles. The molecule has 2 heterocycles. The predicted molar refractivity (Wildman–Crippen MR) is 141 cm³/mol. The second-order valence-corrected chi connectivity index (χ2v) is 9.60. The number of thiazole rings is 1. The van der Waals surface area contributed by atoms with Crippen molar-refractivity contribution in [1.82, 2.24) is 9.88 Å². The van der Waals surface area contributed by atoms with Gasteiger partial charge in [-0.15, -0.1) is 0 Å². The van der Waals surface area contributed by atoms with Gasteiger partial charge in [-0.1, -0.05) is 53.8 Å². The lowest BCUT2D eigenvalue weighted by molar-refractivity contribution is 0.0376. The van der Waals surface area contributed by atoms with Crippen molar-refractivity contribution in [3.8, 4) is 11.5 Å². The van der Waals surface area contributed by atoms with Crippen molar-refractivity contribution in [1.29, 1.82) is 0 Å². The largest absolute Gasteiger partial charge is 0.457 e. The summed E-state index contributed by atoms with van der Waals surface area (Å²) in [5.74, 6) is 1.14. The molecule has 1 aromatic heterocycles. The van der Waals surface area contributed by atoms with Gasteiger partial charge in [0.2, 0.25) is 0 Å². The summed E-state index contributed by atoms with van der Waals surface area (Å²) in [6.07, 6.45) is 0.850. The normalized spacial score (nSPS) is 14.2. The molecule has 1 fully saturated rings. The van der Waals surface area contributed by atoms with Gasteiger partial charge in [-0.3, -0.25) is 14.6 Å². The van der Waals surface area contributed by atoms with Gasteiger partial charge in [0.25, 0.3) is 5.91 Å². The molecule has 1 amide bonds. The van der Waals surface area contributed by atoms with E-state index < -0.39 is 0 Å². The molecular weight excluding hydrogens is 458 g/mol. The maximum absolute atomic E-state index is 14.0. The summed E-state index contributed by atoms with van der Waals surface area (Å²) in [7, 11) is 0. The van der Waals surface area contributed by atoms with Crippen molar-refractivity contribution in [3.63, 3.8) is 0 Å². The molecule has 0 bridgehead atoms. The quantitative estimate of drug-likeness (QED) is 0.316. The van der Waals surface area contributed by atoms with Crippen LogP contribution in [-0.2, 0) is 4.74 Å². The van der Waals surface area contributed by atoms with Crippen LogP contribution in [0.3, 0.4) is 0 Å². The van der Waals surface area contributed by atoms with Gasteiger partial charge < -0.3 is 9.47 Å². The molecule has 180 valence electrons. The van der Waals surface area contributed by atoms with Gasteiger partial charge in [0, 0.05) is 26.2 Å². The summed E-state index contributed by atoms with van der Waals surface area (Å²) < 4.78 is 12.7. The van der Waals surface area contributed by atoms with Crippen LogP contribution in [0.15, 0.2) is 72.8 Å². The molecule has 7 heteroatoms. The summed E-state index contributed by atoms with van der Waals surface area (Å²) in [6.45, 7) is 6.95. The number of hydrogen-bond donors (Lipinski definition) is 0. The number of benzene rings is 3. The molecule has 3 aromatic carbocycles. The SMILES string of the molecule is Cc1cccc2sc(N(CCCN3CCOCC3)C(=O)c3ccccc3Oc3ccccc3)nc12. The van der Waals surface area contributed by atoms with Crippen LogP contribution in [0.25, 0.3) is 10.2 Å². The zero-order chi connectivity index (χ0) is 24.0. The Morgan fingerprint density at radius 2 is 1.80 bits per heavy atom. The minimum atomic E-state index is -0.102.